The van der Waals surface area contributed by atoms with Crippen molar-refractivity contribution in [3.63, 3.8) is 0 Å². The first-order chi connectivity index (χ1) is 17.0. The number of Topliss-reactive ketones (excluding diaryl/α,β-unsaturated/α-hetero) is 1. The summed E-state index contributed by atoms with van der Waals surface area (Å²) in [6.45, 7) is 5.95. The van der Waals surface area contributed by atoms with Gasteiger partial charge in [-0.1, -0.05) is 32.0 Å². The molecule has 2 aromatic heterocycles. The highest BCUT2D eigenvalue weighted by Crippen LogP contribution is 2.31. The van der Waals surface area contributed by atoms with Crippen LogP contribution in [0.5, 0.6) is 0 Å². The number of amides is 1. The molecule has 2 N–H and O–H groups in total. The summed E-state index contributed by atoms with van der Waals surface area (Å²) in [6, 6.07) is 11.9. The van der Waals surface area contributed by atoms with Crippen molar-refractivity contribution in [3.8, 4) is 11.3 Å². The minimum Gasteiger partial charge on any atom is -0.363 e. The smallest absolute Gasteiger partial charge is 0.363 e. The lowest BCUT2D eigenvalue weighted by atomic mass is 9.97. The molecule has 0 unspecified atom stereocenters. The van der Waals surface area contributed by atoms with Crippen LogP contribution in [-0.4, -0.2) is 28.2 Å². The predicted molar refractivity (Wildman–Crippen MR) is 132 cm³/mol. The number of benzene rings is 1. The number of hydrogen-bond donors (Lipinski definition) is 2. The van der Waals surface area contributed by atoms with Crippen LogP contribution in [-0.2, 0) is 11.0 Å². The Labute approximate surface area is 208 Å². The third-order valence-electron chi connectivity index (χ3n) is 5.51. The fourth-order valence-electron chi connectivity index (χ4n) is 3.61. The summed E-state index contributed by atoms with van der Waals surface area (Å²) < 4.78 is 38.5. The molecule has 0 fully saturated rings. The van der Waals surface area contributed by atoms with E-state index in [0.717, 1.165) is 24.1 Å². The Morgan fingerprint density at radius 1 is 0.944 bits per heavy atom. The zero-order chi connectivity index (χ0) is 26.3. The van der Waals surface area contributed by atoms with Crippen molar-refractivity contribution in [2.24, 2.45) is 5.92 Å². The molecule has 0 saturated heterocycles. The van der Waals surface area contributed by atoms with Gasteiger partial charge in [0.1, 0.15) is 11.6 Å². The van der Waals surface area contributed by atoms with E-state index >= 15 is 0 Å². The second kappa shape index (κ2) is 11.8. The molecule has 190 valence electrons. The van der Waals surface area contributed by atoms with Crippen molar-refractivity contribution in [1.82, 2.24) is 15.3 Å². The van der Waals surface area contributed by atoms with Crippen LogP contribution >= 0.6 is 0 Å². The monoisotopic (exact) mass is 498 g/mol. The summed E-state index contributed by atoms with van der Waals surface area (Å²) in [5.74, 6) is 0.666. The van der Waals surface area contributed by atoms with Crippen LogP contribution in [0.2, 0.25) is 0 Å². The van der Waals surface area contributed by atoms with Gasteiger partial charge in [0.25, 0.3) is 5.91 Å². The number of carbonyl (C=O) groups excluding carboxylic acids is 2. The van der Waals surface area contributed by atoms with Gasteiger partial charge in [-0.25, -0.2) is 4.98 Å². The second-order valence-corrected chi connectivity index (χ2v) is 9.02. The Hall–Kier alpha value is -3.75. The first kappa shape index (κ1) is 26.8. The van der Waals surface area contributed by atoms with E-state index in [4.69, 9.17) is 0 Å². The summed E-state index contributed by atoms with van der Waals surface area (Å²) in [7, 11) is 0. The highest BCUT2D eigenvalue weighted by atomic mass is 19.4. The predicted octanol–water partition coefficient (Wildman–Crippen LogP) is 6.07. The van der Waals surface area contributed by atoms with Gasteiger partial charge in [0, 0.05) is 30.9 Å². The number of halogens is 3. The van der Waals surface area contributed by atoms with E-state index in [9.17, 15) is 22.8 Å². The van der Waals surface area contributed by atoms with Gasteiger partial charge in [-0.2, -0.15) is 13.2 Å². The fourth-order valence-corrected chi connectivity index (χ4v) is 3.61. The first-order valence-corrected chi connectivity index (χ1v) is 11.7. The van der Waals surface area contributed by atoms with E-state index in [1.807, 2.05) is 6.07 Å². The number of carbonyl (C=O) groups is 2. The van der Waals surface area contributed by atoms with Crippen molar-refractivity contribution in [3.05, 3.63) is 77.6 Å². The molecule has 3 rings (SSSR count). The molecule has 2 heterocycles. The molecule has 0 spiro atoms. The number of ketones is 1. The fraction of sp³-hybridized carbons (Fsp3) is 0.333. The molecule has 36 heavy (non-hydrogen) atoms. The molecule has 6 nitrogen and oxygen atoms in total. The average molecular weight is 499 g/mol. The molecule has 0 aliphatic carbocycles. The Morgan fingerprint density at radius 2 is 1.67 bits per heavy atom. The lowest BCUT2D eigenvalue weighted by Gasteiger charge is -2.22. The second-order valence-electron chi connectivity index (χ2n) is 9.02. The third-order valence-corrected chi connectivity index (χ3v) is 5.51. The number of nitrogens with one attached hydrogen (secondary N) is 2. The molecule has 9 heteroatoms. The van der Waals surface area contributed by atoms with Crippen LogP contribution in [0.4, 0.5) is 19.0 Å². The van der Waals surface area contributed by atoms with Gasteiger partial charge in [0.15, 0.2) is 0 Å². The van der Waals surface area contributed by atoms with Crippen molar-refractivity contribution in [2.75, 3.05) is 11.9 Å². The number of nitrogens with zero attached hydrogens (tertiary/aromatic N) is 2. The maximum atomic E-state index is 12.8. The van der Waals surface area contributed by atoms with Crippen molar-refractivity contribution in [2.45, 2.75) is 45.8 Å². The number of pyridine rings is 2. The van der Waals surface area contributed by atoms with Crippen LogP contribution in [0.15, 0.2) is 60.9 Å². The molecule has 0 aliphatic rings. The van der Waals surface area contributed by atoms with Gasteiger partial charge < -0.3 is 10.6 Å². The van der Waals surface area contributed by atoms with E-state index in [0.29, 0.717) is 28.6 Å². The van der Waals surface area contributed by atoms with Crippen molar-refractivity contribution >= 4 is 17.5 Å². The lowest BCUT2D eigenvalue weighted by Crippen LogP contribution is -2.25. The zero-order valence-electron chi connectivity index (χ0n) is 20.4. The van der Waals surface area contributed by atoms with Crippen LogP contribution < -0.4 is 10.6 Å². The first-order valence-electron chi connectivity index (χ1n) is 11.7. The maximum absolute atomic E-state index is 12.8. The maximum Gasteiger partial charge on any atom is 0.416 e. The number of anilines is 1. The van der Waals surface area contributed by atoms with Gasteiger partial charge in [-0.3, -0.25) is 14.6 Å². The Bertz CT molecular complexity index is 1160. The van der Waals surface area contributed by atoms with Crippen LogP contribution in [0.25, 0.3) is 11.3 Å². The Balaban J connectivity index is 1.70. The van der Waals surface area contributed by atoms with Crippen LogP contribution in [0, 0.1) is 5.92 Å². The molecular formula is C27H29F3N4O2. The molecule has 0 radical (unpaired) electrons. The van der Waals surface area contributed by atoms with Gasteiger partial charge in [0.2, 0.25) is 0 Å². The van der Waals surface area contributed by atoms with Crippen LogP contribution in [0.1, 0.15) is 61.1 Å². The molecule has 1 amide bonds. The summed E-state index contributed by atoms with van der Waals surface area (Å²) in [4.78, 5) is 32.0. The van der Waals surface area contributed by atoms with Gasteiger partial charge in [-0.05, 0) is 55.2 Å². The number of rotatable bonds is 10. The Morgan fingerprint density at radius 3 is 2.19 bits per heavy atom. The summed E-state index contributed by atoms with van der Waals surface area (Å²) in [6.07, 6.45) is -0.123. The van der Waals surface area contributed by atoms with E-state index < -0.39 is 11.7 Å². The largest absolute Gasteiger partial charge is 0.416 e. The number of hydrogen-bond acceptors (Lipinski definition) is 5. The summed E-state index contributed by atoms with van der Waals surface area (Å²) in [5.41, 5.74) is 1.78. The molecule has 0 aliphatic heterocycles. The molecule has 0 bridgehead atoms. The molecule has 1 aromatic carbocycles. The number of alkyl halides is 3. The molecule has 1 atom stereocenters. The summed E-state index contributed by atoms with van der Waals surface area (Å²) in [5, 5.41) is 6.07. The average Bonchev–Trinajstić information content (AvgIpc) is 2.83. The van der Waals surface area contributed by atoms with E-state index in [1.165, 1.54) is 25.3 Å². The van der Waals surface area contributed by atoms with E-state index in [2.05, 4.69) is 34.4 Å². The van der Waals surface area contributed by atoms with Gasteiger partial charge >= 0.3 is 6.18 Å². The summed E-state index contributed by atoms with van der Waals surface area (Å²) >= 11 is 0. The SMILES string of the molecule is CC(=O)CCNC(=O)c1ccc(N[C@@H](CC(C)C)c2ccc(-c3ccc(C(F)(F)F)cc3)nc2)nc1. The topological polar surface area (TPSA) is 84.0 Å². The molecule has 3 aromatic rings. The standard InChI is InChI=1S/C27H29F3N4O2/c1-17(2)14-24(34-25-11-7-21(16-33-25)26(36)31-13-12-18(3)35)20-6-10-23(32-15-20)19-4-8-22(9-5-19)27(28,29)30/h4-11,15-17,24H,12-14H2,1-3H3,(H,31,36)(H,33,34)/t24-/m0/s1. The van der Waals surface area contributed by atoms with Crippen molar-refractivity contribution < 1.29 is 22.8 Å². The van der Waals surface area contributed by atoms with Crippen molar-refractivity contribution in [1.29, 1.82) is 0 Å². The molecule has 0 saturated carbocycles. The van der Waals surface area contributed by atoms with E-state index in [-0.39, 0.29) is 30.7 Å². The Kier molecular flexibility index (Phi) is 8.79. The van der Waals surface area contributed by atoms with Gasteiger partial charge in [-0.15, -0.1) is 0 Å². The minimum absolute atomic E-state index is 0.00560. The minimum atomic E-state index is -4.38. The quantitative estimate of drug-likeness (QED) is 0.354. The number of aromatic nitrogens is 2. The third kappa shape index (κ3) is 7.63. The van der Waals surface area contributed by atoms with Crippen LogP contribution in [0.3, 0.4) is 0 Å². The van der Waals surface area contributed by atoms with E-state index in [1.54, 1.807) is 24.4 Å². The lowest BCUT2D eigenvalue weighted by molar-refractivity contribution is -0.137. The van der Waals surface area contributed by atoms with Gasteiger partial charge in [0.05, 0.1) is 22.9 Å². The highest BCUT2D eigenvalue weighted by Gasteiger charge is 2.30. The highest BCUT2D eigenvalue weighted by molar-refractivity contribution is 5.94. The normalized spacial score (nSPS) is 12.3. The zero-order valence-corrected chi connectivity index (χ0v) is 20.4. The molecular weight excluding hydrogens is 469 g/mol.